The fraction of sp³-hybridized carbons (Fsp3) is 0.316. The number of thiazole rings is 1. The first-order chi connectivity index (χ1) is 11.6. The Bertz CT molecular complexity index is 796. The minimum atomic E-state index is -0.169. The predicted molar refractivity (Wildman–Crippen MR) is 93.2 cm³/mol. The Labute approximate surface area is 144 Å². The van der Waals surface area contributed by atoms with Gasteiger partial charge >= 0.3 is 0 Å². The second-order valence-electron chi connectivity index (χ2n) is 6.43. The molecule has 4 nitrogen and oxygen atoms in total. The van der Waals surface area contributed by atoms with Gasteiger partial charge in [-0.25, -0.2) is 4.98 Å². The van der Waals surface area contributed by atoms with E-state index in [1.807, 2.05) is 29.7 Å². The third kappa shape index (κ3) is 2.59. The number of allylic oxidation sites excluding steroid dienone is 2. The Balaban J connectivity index is 1.53. The van der Waals surface area contributed by atoms with Crippen LogP contribution in [0.25, 0.3) is 10.6 Å². The number of hydrogen-bond acceptors (Lipinski definition) is 4. The molecule has 2 atom stereocenters. The summed E-state index contributed by atoms with van der Waals surface area (Å²) in [6.07, 6.45) is 5.37. The lowest BCUT2D eigenvalue weighted by Gasteiger charge is -2.14. The lowest BCUT2D eigenvalue weighted by atomic mass is 9.85. The number of fused-ring (bicyclic) bond motifs is 1. The summed E-state index contributed by atoms with van der Waals surface area (Å²) < 4.78 is 0. The topological polar surface area (TPSA) is 50.3 Å². The van der Waals surface area contributed by atoms with Crippen LogP contribution in [0.2, 0.25) is 0 Å². The molecule has 2 heterocycles. The number of rotatable bonds is 3. The van der Waals surface area contributed by atoms with Gasteiger partial charge in [0.2, 0.25) is 11.8 Å². The molecule has 5 heteroatoms. The van der Waals surface area contributed by atoms with E-state index in [9.17, 15) is 9.59 Å². The molecule has 0 bridgehead atoms. The fourth-order valence-corrected chi connectivity index (χ4v) is 4.21. The van der Waals surface area contributed by atoms with E-state index in [2.05, 4.69) is 24.0 Å². The van der Waals surface area contributed by atoms with Crippen LogP contribution in [-0.2, 0) is 16.1 Å². The molecule has 1 saturated heterocycles. The van der Waals surface area contributed by atoms with E-state index >= 15 is 0 Å². The second kappa shape index (κ2) is 5.98. The fourth-order valence-electron chi connectivity index (χ4n) is 3.40. The monoisotopic (exact) mass is 338 g/mol. The number of aryl methyl sites for hydroxylation is 1. The first-order valence-electron chi connectivity index (χ1n) is 8.15. The molecule has 1 aromatic carbocycles. The maximum absolute atomic E-state index is 12.5. The van der Waals surface area contributed by atoms with E-state index < -0.39 is 0 Å². The van der Waals surface area contributed by atoms with Crippen molar-refractivity contribution in [2.75, 3.05) is 0 Å². The summed E-state index contributed by atoms with van der Waals surface area (Å²) in [4.78, 5) is 31.0. The van der Waals surface area contributed by atoms with Crippen LogP contribution in [-0.4, -0.2) is 21.7 Å². The summed E-state index contributed by atoms with van der Waals surface area (Å²) in [5.74, 6) is -0.422. The molecule has 4 rings (SSSR count). The quantitative estimate of drug-likeness (QED) is 0.635. The van der Waals surface area contributed by atoms with Gasteiger partial charge in [-0.3, -0.25) is 14.5 Å². The van der Waals surface area contributed by atoms with Crippen LogP contribution in [0.5, 0.6) is 0 Å². The zero-order valence-electron chi connectivity index (χ0n) is 13.4. The summed E-state index contributed by atoms with van der Waals surface area (Å²) in [5.41, 5.74) is 3.05. The largest absolute Gasteiger partial charge is 0.276 e. The molecule has 1 aliphatic carbocycles. The van der Waals surface area contributed by atoms with Gasteiger partial charge in [0.15, 0.2) is 0 Å². The second-order valence-corrected chi connectivity index (χ2v) is 7.29. The molecule has 0 radical (unpaired) electrons. The smallest absolute Gasteiger partial charge is 0.233 e. The minimum Gasteiger partial charge on any atom is -0.276 e. The Hall–Kier alpha value is -2.27. The lowest BCUT2D eigenvalue weighted by molar-refractivity contribution is -0.140. The van der Waals surface area contributed by atoms with Crippen molar-refractivity contribution < 1.29 is 9.59 Å². The number of imide groups is 1. The standard InChI is InChI=1S/C19H18N2O2S/c1-12-6-8-13(9-7-12)17-20-14(11-24-17)10-21-18(22)15-4-2-3-5-16(15)19(21)23/h2-3,6-9,11,15-16H,4-5,10H2,1H3/t15-,16-/m1/s1. The van der Waals surface area contributed by atoms with Crippen molar-refractivity contribution in [2.45, 2.75) is 26.3 Å². The first kappa shape index (κ1) is 15.3. The number of aromatic nitrogens is 1. The Morgan fingerprint density at radius 1 is 1.08 bits per heavy atom. The Morgan fingerprint density at radius 3 is 2.33 bits per heavy atom. The van der Waals surface area contributed by atoms with Crippen LogP contribution in [0, 0.1) is 18.8 Å². The van der Waals surface area contributed by atoms with Crippen molar-refractivity contribution in [1.29, 1.82) is 0 Å². The van der Waals surface area contributed by atoms with Crippen molar-refractivity contribution in [3.05, 3.63) is 53.1 Å². The molecule has 2 aliphatic rings. The third-order valence-corrected chi connectivity index (χ3v) is 5.71. The van der Waals surface area contributed by atoms with Crippen molar-refractivity contribution >= 4 is 23.2 Å². The van der Waals surface area contributed by atoms with E-state index in [-0.39, 0.29) is 30.2 Å². The van der Waals surface area contributed by atoms with E-state index in [0.29, 0.717) is 12.8 Å². The minimum absolute atomic E-state index is 0.0424. The van der Waals surface area contributed by atoms with Crippen molar-refractivity contribution in [2.24, 2.45) is 11.8 Å². The summed E-state index contributed by atoms with van der Waals surface area (Å²) >= 11 is 1.55. The molecule has 24 heavy (non-hydrogen) atoms. The van der Waals surface area contributed by atoms with Gasteiger partial charge in [-0.1, -0.05) is 42.0 Å². The van der Waals surface area contributed by atoms with E-state index in [1.165, 1.54) is 10.5 Å². The molecule has 122 valence electrons. The van der Waals surface area contributed by atoms with Crippen LogP contribution in [0.1, 0.15) is 24.1 Å². The first-order valence-corrected chi connectivity index (χ1v) is 9.03. The summed E-state index contributed by atoms with van der Waals surface area (Å²) in [7, 11) is 0. The lowest BCUT2D eigenvalue weighted by Crippen LogP contribution is -2.30. The predicted octanol–water partition coefficient (Wildman–Crippen LogP) is 3.57. The van der Waals surface area contributed by atoms with Crippen LogP contribution in [0.15, 0.2) is 41.8 Å². The molecule has 1 fully saturated rings. The van der Waals surface area contributed by atoms with Crippen molar-refractivity contribution in [3.63, 3.8) is 0 Å². The van der Waals surface area contributed by atoms with Gasteiger partial charge in [-0.15, -0.1) is 11.3 Å². The van der Waals surface area contributed by atoms with Crippen LogP contribution >= 0.6 is 11.3 Å². The van der Waals surface area contributed by atoms with Gasteiger partial charge in [-0.2, -0.15) is 0 Å². The highest BCUT2D eigenvalue weighted by Crippen LogP contribution is 2.36. The van der Waals surface area contributed by atoms with E-state index in [1.54, 1.807) is 11.3 Å². The van der Waals surface area contributed by atoms with Gasteiger partial charge in [0.1, 0.15) is 5.01 Å². The van der Waals surface area contributed by atoms with Gasteiger partial charge in [-0.05, 0) is 19.8 Å². The molecule has 2 aromatic rings. The summed E-state index contributed by atoms with van der Waals surface area (Å²) in [5, 5.41) is 2.86. The van der Waals surface area contributed by atoms with Crippen molar-refractivity contribution in [3.8, 4) is 10.6 Å². The molecule has 1 aromatic heterocycles. The number of nitrogens with zero attached hydrogens (tertiary/aromatic N) is 2. The molecular formula is C19H18N2O2S. The maximum atomic E-state index is 12.5. The SMILES string of the molecule is Cc1ccc(-c2nc(CN3C(=O)[C@@H]4CC=CC[C@H]4C3=O)cs2)cc1. The normalized spacial score (nSPS) is 23.0. The number of likely N-dealkylation sites (tertiary alicyclic amines) is 1. The molecule has 0 spiro atoms. The Kier molecular flexibility index (Phi) is 3.81. The zero-order valence-corrected chi connectivity index (χ0v) is 14.3. The number of carbonyl (C=O) groups is 2. The number of hydrogen-bond donors (Lipinski definition) is 0. The van der Waals surface area contributed by atoms with Crippen LogP contribution in [0.3, 0.4) is 0 Å². The number of amides is 2. The van der Waals surface area contributed by atoms with Crippen molar-refractivity contribution in [1.82, 2.24) is 9.88 Å². The van der Waals surface area contributed by atoms with Crippen LogP contribution in [0.4, 0.5) is 0 Å². The highest BCUT2D eigenvalue weighted by atomic mass is 32.1. The van der Waals surface area contributed by atoms with Crippen LogP contribution < -0.4 is 0 Å². The molecule has 0 N–H and O–H groups in total. The molecule has 0 unspecified atom stereocenters. The maximum Gasteiger partial charge on any atom is 0.233 e. The van der Waals surface area contributed by atoms with Gasteiger partial charge in [0.05, 0.1) is 24.1 Å². The Morgan fingerprint density at radius 2 is 1.71 bits per heavy atom. The van der Waals surface area contributed by atoms with Gasteiger partial charge in [0, 0.05) is 10.9 Å². The number of carbonyl (C=O) groups excluding carboxylic acids is 2. The highest BCUT2D eigenvalue weighted by Gasteiger charge is 2.47. The van der Waals surface area contributed by atoms with Gasteiger partial charge in [0.25, 0.3) is 0 Å². The number of benzene rings is 1. The van der Waals surface area contributed by atoms with Gasteiger partial charge < -0.3 is 0 Å². The molecule has 1 aliphatic heterocycles. The van der Waals surface area contributed by atoms with E-state index in [4.69, 9.17) is 0 Å². The molecular weight excluding hydrogens is 320 g/mol. The third-order valence-electron chi connectivity index (χ3n) is 4.77. The van der Waals surface area contributed by atoms with E-state index in [0.717, 1.165) is 16.3 Å². The average molecular weight is 338 g/mol. The summed E-state index contributed by atoms with van der Waals surface area (Å²) in [6.45, 7) is 2.34. The molecule has 2 amide bonds. The average Bonchev–Trinajstić information content (AvgIpc) is 3.16. The highest BCUT2D eigenvalue weighted by molar-refractivity contribution is 7.13. The zero-order chi connectivity index (χ0) is 16.7. The summed E-state index contributed by atoms with van der Waals surface area (Å²) in [6, 6.07) is 8.21. The molecule has 0 saturated carbocycles.